The van der Waals surface area contributed by atoms with Crippen LogP contribution in [0.4, 0.5) is 8.78 Å². The van der Waals surface area contributed by atoms with E-state index in [1.54, 1.807) is 0 Å². The van der Waals surface area contributed by atoms with Gasteiger partial charge in [-0.15, -0.1) is 0 Å². The van der Waals surface area contributed by atoms with Crippen molar-refractivity contribution in [1.29, 1.82) is 0 Å². The Labute approximate surface area is 109 Å². The second-order valence-corrected chi connectivity index (χ2v) is 5.64. The smallest absolute Gasteiger partial charge is 0.201 e. The van der Waals surface area contributed by atoms with E-state index in [1.165, 1.54) is 6.07 Å². The second-order valence-electron chi connectivity index (χ2n) is 5.28. The molecular formula is C13H12ClF2NO. The topological polar surface area (TPSA) is 21.6 Å². The molecule has 0 saturated heterocycles. The zero-order valence-electron chi connectivity index (χ0n) is 10.1. The predicted molar refractivity (Wildman–Crippen MR) is 65.4 cm³/mol. The maximum Gasteiger partial charge on any atom is 0.201 e. The Kier molecular flexibility index (Phi) is 2.28. The number of rotatable bonds is 0. The van der Waals surface area contributed by atoms with Crippen LogP contribution in [0.15, 0.2) is 17.1 Å². The van der Waals surface area contributed by atoms with Gasteiger partial charge in [0.2, 0.25) is 5.82 Å². The van der Waals surface area contributed by atoms with Gasteiger partial charge in [-0.1, -0.05) is 11.6 Å². The summed E-state index contributed by atoms with van der Waals surface area (Å²) in [6.07, 6.45) is 1.68. The molecule has 0 aromatic heterocycles. The summed E-state index contributed by atoms with van der Waals surface area (Å²) in [6, 6.07) is 2.43. The van der Waals surface area contributed by atoms with Gasteiger partial charge < -0.3 is 4.74 Å². The highest BCUT2D eigenvalue weighted by Gasteiger charge is 2.58. The van der Waals surface area contributed by atoms with Crippen molar-refractivity contribution in [2.75, 3.05) is 0 Å². The molecule has 2 aliphatic rings. The Morgan fingerprint density at radius 2 is 1.94 bits per heavy atom. The van der Waals surface area contributed by atoms with E-state index in [-0.39, 0.29) is 10.9 Å². The fourth-order valence-corrected chi connectivity index (χ4v) is 2.67. The monoisotopic (exact) mass is 271 g/mol. The Morgan fingerprint density at radius 3 is 2.56 bits per heavy atom. The SMILES string of the molecule is CC1(C)Oc2c(ccc(F)c2F)C(Cl)=NC12CC2. The van der Waals surface area contributed by atoms with Crippen molar-refractivity contribution < 1.29 is 13.5 Å². The highest BCUT2D eigenvalue weighted by molar-refractivity contribution is 6.70. The molecule has 0 radical (unpaired) electrons. The standard InChI is InChI=1S/C13H12ClF2NO/c1-12(2)13(5-6-13)17-11(14)7-3-4-8(15)9(16)10(7)18-12/h3-4H,5-6H2,1-2H3. The van der Waals surface area contributed by atoms with Crippen molar-refractivity contribution in [3.63, 3.8) is 0 Å². The first kappa shape index (κ1) is 11.9. The molecule has 1 aliphatic heterocycles. The van der Waals surface area contributed by atoms with Crippen LogP contribution in [0.5, 0.6) is 5.75 Å². The van der Waals surface area contributed by atoms with Gasteiger partial charge in [0.1, 0.15) is 16.3 Å². The number of ether oxygens (including phenoxy) is 1. The van der Waals surface area contributed by atoms with Crippen molar-refractivity contribution in [3.8, 4) is 5.75 Å². The molecule has 0 atom stereocenters. The van der Waals surface area contributed by atoms with E-state index in [9.17, 15) is 8.78 Å². The van der Waals surface area contributed by atoms with E-state index in [2.05, 4.69) is 4.99 Å². The van der Waals surface area contributed by atoms with Gasteiger partial charge in [0.15, 0.2) is 11.6 Å². The molecule has 1 aliphatic carbocycles. The normalized spacial score (nSPS) is 22.8. The van der Waals surface area contributed by atoms with Crippen molar-refractivity contribution in [2.24, 2.45) is 4.99 Å². The molecule has 1 aromatic rings. The third-order valence-corrected chi connectivity index (χ3v) is 4.07. The van der Waals surface area contributed by atoms with E-state index in [4.69, 9.17) is 16.3 Å². The summed E-state index contributed by atoms with van der Waals surface area (Å²) in [5.74, 6) is -2.09. The molecule has 0 N–H and O–H groups in total. The summed E-state index contributed by atoms with van der Waals surface area (Å²) in [4.78, 5) is 4.45. The number of halogens is 3. The van der Waals surface area contributed by atoms with Gasteiger partial charge in [-0.05, 0) is 38.8 Å². The highest BCUT2D eigenvalue weighted by atomic mass is 35.5. The Bertz CT molecular complexity index is 564. The number of benzene rings is 1. The maximum absolute atomic E-state index is 13.8. The average Bonchev–Trinajstić information content (AvgIpc) is 3.06. The van der Waals surface area contributed by atoms with Crippen LogP contribution in [-0.2, 0) is 0 Å². The molecule has 1 spiro atoms. The molecule has 1 fully saturated rings. The maximum atomic E-state index is 13.8. The molecule has 0 unspecified atom stereocenters. The third-order valence-electron chi connectivity index (χ3n) is 3.79. The van der Waals surface area contributed by atoms with Crippen molar-refractivity contribution in [3.05, 3.63) is 29.3 Å². The first-order valence-electron chi connectivity index (χ1n) is 5.79. The number of nitrogens with zero attached hydrogens (tertiary/aromatic N) is 1. The van der Waals surface area contributed by atoms with Crippen LogP contribution in [0.3, 0.4) is 0 Å². The van der Waals surface area contributed by atoms with Gasteiger partial charge in [-0.25, -0.2) is 4.39 Å². The number of fused-ring (bicyclic) bond motifs is 1. The van der Waals surface area contributed by atoms with Crippen LogP contribution >= 0.6 is 11.6 Å². The molecule has 96 valence electrons. The van der Waals surface area contributed by atoms with Gasteiger partial charge in [0.05, 0.1) is 5.56 Å². The molecule has 0 bridgehead atoms. The van der Waals surface area contributed by atoms with E-state index in [0.29, 0.717) is 5.56 Å². The number of hydrogen-bond acceptors (Lipinski definition) is 2. The average molecular weight is 272 g/mol. The summed E-state index contributed by atoms with van der Waals surface area (Å²) in [5, 5.41) is 0.187. The van der Waals surface area contributed by atoms with Crippen LogP contribution in [0.1, 0.15) is 32.3 Å². The quantitative estimate of drug-likeness (QED) is 0.706. The minimum Gasteiger partial charge on any atom is -0.481 e. The molecule has 0 amide bonds. The lowest BCUT2D eigenvalue weighted by Crippen LogP contribution is -2.42. The molecule has 1 heterocycles. The summed E-state index contributed by atoms with van der Waals surface area (Å²) in [7, 11) is 0. The second kappa shape index (κ2) is 3.44. The van der Waals surface area contributed by atoms with Gasteiger partial charge in [0, 0.05) is 0 Å². The van der Waals surface area contributed by atoms with Crippen molar-refractivity contribution in [2.45, 2.75) is 37.8 Å². The Balaban J connectivity index is 2.23. The third kappa shape index (κ3) is 1.48. The molecule has 1 saturated carbocycles. The van der Waals surface area contributed by atoms with Crippen LogP contribution in [0.25, 0.3) is 0 Å². The largest absolute Gasteiger partial charge is 0.481 e. The fourth-order valence-electron chi connectivity index (χ4n) is 2.36. The molecule has 18 heavy (non-hydrogen) atoms. The van der Waals surface area contributed by atoms with E-state index < -0.39 is 22.8 Å². The Morgan fingerprint density at radius 1 is 1.28 bits per heavy atom. The molecule has 2 nitrogen and oxygen atoms in total. The summed E-state index contributed by atoms with van der Waals surface area (Å²) in [5.41, 5.74) is -0.800. The zero-order chi connectivity index (χ0) is 13.1. The van der Waals surface area contributed by atoms with Gasteiger partial charge in [0.25, 0.3) is 0 Å². The first-order valence-corrected chi connectivity index (χ1v) is 6.17. The van der Waals surface area contributed by atoms with Gasteiger partial charge in [-0.2, -0.15) is 4.39 Å². The van der Waals surface area contributed by atoms with Crippen LogP contribution in [0.2, 0.25) is 0 Å². The van der Waals surface area contributed by atoms with E-state index in [1.807, 2.05) is 13.8 Å². The van der Waals surface area contributed by atoms with E-state index in [0.717, 1.165) is 18.9 Å². The lowest BCUT2D eigenvalue weighted by atomic mass is 9.96. The zero-order valence-corrected chi connectivity index (χ0v) is 10.8. The summed E-state index contributed by atoms with van der Waals surface area (Å²) in [6.45, 7) is 3.65. The minimum absolute atomic E-state index is 0.141. The summed E-state index contributed by atoms with van der Waals surface area (Å²) < 4.78 is 32.8. The summed E-state index contributed by atoms with van der Waals surface area (Å²) >= 11 is 6.11. The van der Waals surface area contributed by atoms with Crippen molar-refractivity contribution >= 4 is 16.8 Å². The van der Waals surface area contributed by atoms with Crippen LogP contribution in [0, 0.1) is 11.6 Å². The van der Waals surface area contributed by atoms with Crippen molar-refractivity contribution in [1.82, 2.24) is 0 Å². The lowest BCUT2D eigenvalue weighted by Gasteiger charge is -2.31. The number of aliphatic imine (C=N–C) groups is 1. The van der Waals surface area contributed by atoms with E-state index >= 15 is 0 Å². The molecule has 1 aromatic carbocycles. The Hall–Kier alpha value is -1.16. The van der Waals surface area contributed by atoms with Crippen LogP contribution < -0.4 is 4.74 Å². The molecular weight excluding hydrogens is 260 g/mol. The predicted octanol–water partition coefficient (Wildman–Crippen LogP) is 3.65. The van der Waals surface area contributed by atoms with Gasteiger partial charge >= 0.3 is 0 Å². The lowest BCUT2D eigenvalue weighted by molar-refractivity contribution is 0.0670. The van der Waals surface area contributed by atoms with Crippen LogP contribution in [-0.4, -0.2) is 16.3 Å². The van der Waals surface area contributed by atoms with Gasteiger partial charge in [-0.3, -0.25) is 4.99 Å². The highest BCUT2D eigenvalue weighted by Crippen LogP contribution is 2.53. The molecule has 5 heteroatoms. The first-order chi connectivity index (χ1) is 8.36. The fraction of sp³-hybridized carbons (Fsp3) is 0.462. The minimum atomic E-state index is -1.01. The number of hydrogen-bond donors (Lipinski definition) is 0. The molecule has 3 rings (SSSR count).